The molecule has 0 radical (unpaired) electrons. The van der Waals surface area contributed by atoms with Crippen molar-refractivity contribution in [3.8, 4) is 0 Å². The maximum Gasteiger partial charge on any atom is 0.326 e. The summed E-state index contributed by atoms with van der Waals surface area (Å²) in [6.07, 6.45) is 4.84. The summed E-state index contributed by atoms with van der Waals surface area (Å²) in [6, 6.07) is 0.769. The number of nitrogens with zero attached hydrogens (tertiary/aromatic N) is 3. The zero-order chi connectivity index (χ0) is 28.5. The summed E-state index contributed by atoms with van der Waals surface area (Å²) in [4.78, 5) is 33.9. The van der Waals surface area contributed by atoms with E-state index in [0.717, 1.165) is 19.3 Å². The molecule has 0 spiro atoms. The van der Waals surface area contributed by atoms with Gasteiger partial charge in [0, 0.05) is 6.20 Å². The topological polar surface area (TPSA) is 160 Å². The number of pyridine rings is 1. The third-order valence-corrected chi connectivity index (χ3v) is 7.83. The van der Waals surface area contributed by atoms with E-state index in [1.165, 1.54) is 0 Å². The third-order valence-electron chi connectivity index (χ3n) is 5.59. The molecular weight excluding hydrogens is 511 g/mol. The Morgan fingerprint density at radius 2 is 1.89 bits per heavy atom. The molecule has 3 atom stereocenters. The molecule has 13 heteroatoms. The van der Waals surface area contributed by atoms with Crippen LogP contribution in [0.25, 0.3) is 11.2 Å². The number of anilines is 1. The highest BCUT2D eigenvalue weighted by Crippen LogP contribution is 2.40. The SMILES string of the molecule is CCCCCOC(=O)[C@@H](C)NP(=O)(CO[C@H](C)Cn1cnc2c(N)ccnc21)NC(C)(C)C(=O)OC(C)C. The van der Waals surface area contributed by atoms with Gasteiger partial charge in [0.15, 0.2) is 5.65 Å². The van der Waals surface area contributed by atoms with E-state index < -0.39 is 37.1 Å². The first-order valence-corrected chi connectivity index (χ1v) is 14.9. The van der Waals surface area contributed by atoms with E-state index in [1.54, 1.807) is 57.8 Å². The number of aromatic nitrogens is 3. The molecular formula is C25H43N6O6P. The molecule has 2 aromatic heterocycles. The van der Waals surface area contributed by atoms with E-state index in [4.69, 9.17) is 19.9 Å². The summed E-state index contributed by atoms with van der Waals surface area (Å²) in [7, 11) is -3.68. The van der Waals surface area contributed by atoms with Gasteiger partial charge < -0.3 is 24.5 Å². The summed E-state index contributed by atoms with van der Waals surface area (Å²) in [5.41, 5.74) is 6.36. The Balaban J connectivity index is 2.14. The van der Waals surface area contributed by atoms with Crippen LogP contribution in [-0.2, 0) is 34.9 Å². The number of fused-ring (bicyclic) bond motifs is 1. The number of nitrogens with two attached hydrogens (primary N) is 1. The van der Waals surface area contributed by atoms with Crippen molar-refractivity contribution in [3.63, 3.8) is 0 Å². The van der Waals surface area contributed by atoms with Crippen molar-refractivity contribution in [2.24, 2.45) is 0 Å². The van der Waals surface area contributed by atoms with Crippen LogP contribution in [0.15, 0.2) is 18.6 Å². The molecule has 2 rings (SSSR count). The minimum absolute atomic E-state index is 0.285. The van der Waals surface area contributed by atoms with Crippen molar-refractivity contribution in [2.75, 3.05) is 18.7 Å². The second-order valence-corrected chi connectivity index (χ2v) is 12.5. The van der Waals surface area contributed by atoms with Gasteiger partial charge in [-0.2, -0.15) is 0 Å². The number of nitrogen functional groups attached to an aromatic ring is 1. The lowest BCUT2D eigenvalue weighted by Crippen LogP contribution is -2.50. The first-order chi connectivity index (χ1) is 17.8. The van der Waals surface area contributed by atoms with Crippen molar-refractivity contribution in [1.82, 2.24) is 24.7 Å². The molecule has 0 aromatic carbocycles. The predicted octanol–water partition coefficient (Wildman–Crippen LogP) is 3.60. The minimum Gasteiger partial charge on any atom is -0.465 e. The van der Waals surface area contributed by atoms with Gasteiger partial charge in [-0.15, -0.1) is 0 Å². The quantitative estimate of drug-likeness (QED) is 0.158. The molecule has 0 aliphatic carbocycles. The van der Waals surface area contributed by atoms with E-state index in [9.17, 15) is 14.2 Å². The Bertz CT molecular complexity index is 1120. The Morgan fingerprint density at radius 1 is 1.18 bits per heavy atom. The first kappa shape index (κ1) is 31.7. The number of rotatable bonds is 16. The largest absolute Gasteiger partial charge is 0.465 e. The number of carbonyl (C=O) groups excluding carboxylic acids is 2. The summed E-state index contributed by atoms with van der Waals surface area (Å²) < 4.78 is 32.5. The smallest absolute Gasteiger partial charge is 0.326 e. The van der Waals surface area contributed by atoms with Crippen molar-refractivity contribution in [1.29, 1.82) is 0 Å². The van der Waals surface area contributed by atoms with Crippen LogP contribution in [-0.4, -0.2) is 63.2 Å². The van der Waals surface area contributed by atoms with Gasteiger partial charge in [-0.05, 0) is 54.0 Å². The highest BCUT2D eigenvalue weighted by atomic mass is 31.2. The molecule has 38 heavy (non-hydrogen) atoms. The minimum atomic E-state index is -3.68. The van der Waals surface area contributed by atoms with Gasteiger partial charge in [0.25, 0.3) is 0 Å². The van der Waals surface area contributed by atoms with E-state index in [-0.39, 0.29) is 19.1 Å². The Labute approximate surface area is 224 Å². The fraction of sp³-hybridized carbons (Fsp3) is 0.680. The monoisotopic (exact) mass is 554 g/mol. The molecule has 0 amide bonds. The van der Waals surface area contributed by atoms with Gasteiger partial charge in [-0.1, -0.05) is 19.8 Å². The lowest BCUT2D eigenvalue weighted by Gasteiger charge is -2.32. The number of hydrogen-bond donors (Lipinski definition) is 3. The maximum absolute atomic E-state index is 14.1. The third kappa shape index (κ3) is 9.34. The number of nitrogens with one attached hydrogen (secondary N) is 2. The zero-order valence-electron chi connectivity index (χ0n) is 23.5. The van der Waals surface area contributed by atoms with Gasteiger partial charge in [-0.25, -0.2) is 20.1 Å². The van der Waals surface area contributed by atoms with Crippen molar-refractivity contribution in [3.05, 3.63) is 18.6 Å². The van der Waals surface area contributed by atoms with Crippen LogP contribution < -0.4 is 15.9 Å². The number of esters is 2. The fourth-order valence-corrected chi connectivity index (χ4v) is 6.05. The van der Waals surface area contributed by atoms with E-state index in [0.29, 0.717) is 23.4 Å². The van der Waals surface area contributed by atoms with Crippen molar-refractivity contribution < 1.29 is 28.4 Å². The number of imidazole rings is 1. The molecule has 0 saturated carbocycles. The molecule has 0 aliphatic rings. The highest BCUT2D eigenvalue weighted by Gasteiger charge is 2.39. The summed E-state index contributed by atoms with van der Waals surface area (Å²) in [6.45, 7) is 12.7. The van der Waals surface area contributed by atoms with Crippen LogP contribution in [0.3, 0.4) is 0 Å². The number of ether oxygens (including phenoxy) is 3. The zero-order valence-corrected chi connectivity index (χ0v) is 24.4. The average molecular weight is 555 g/mol. The van der Waals surface area contributed by atoms with E-state index in [1.807, 2.05) is 6.92 Å². The van der Waals surface area contributed by atoms with Crippen molar-refractivity contribution >= 4 is 36.2 Å². The molecule has 0 fully saturated rings. The molecule has 2 heterocycles. The molecule has 4 N–H and O–H groups in total. The van der Waals surface area contributed by atoms with Crippen molar-refractivity contribution in [2.45, 2.75) is 98.1 Å². The summed E-state index contributed by atoms with van der Waals surface area (Å²) in [5.74, 6) is -1.11. The molecule has 0 bridgehead atoms. The van der Waals surface area contributed by atoms with Crippen LogP contribution >= 0.6 is 7.44 Å². The molecule has 0 aliphatic heterocycles. The van der Waals surface area contributed by atoms with Gasteiger partial charge >= 0.3 is 11.9 Å². The van der Waals surface area contributed by atoms with E-state index in [2.05, 4.69) is 27.1 Å². The number of carbonyl (C=O) groups is 2. The molecule has 12 nitrogen and oxygen atoms in total. The Morgan fingerprint density at radius 3 is 2.55 bits per heavy atom. The molecule has 2 aromatic rings. The second-order valence-electron chi connectivity index (χ2n) is 10.2. The lowest BCUT2D eigenvalue weighted by molar-refractivity contribution is -0.153. The molecule has 1 unspecified atom stereocenters. The van der Waals surface area contributed by atoms with Gasteiger partial charge in [0.05, 0.1) is 37.4 Å². The van der Waals surface area contributed by atoms with Crippen LogP contribution in [0.4, 0.5) is 5.69 Å². The summed E-state index contributed by atoms with van der Waals surface area (Å²) in [5, 5.41) is 5.72. The highest BCUT2D eigenvalue weighted by molar-refractivity contribution is 7.59. The second kappa shape index (κ2) is 14.0. The van der Waals surface area contributed by atoms with E-state index >= 15 is 0 Å². The van der Waals surface area contributed by atoms with Gasteiger partial charge in [-0.3, -0.25) is 14.2 Å². The van der Waals surface area contributed by atoms with Gasteiger partial charge in [0.2, 0.25) is 7.44 Å². The van der Waals surface area contributed by atoms with Crippen LogP contribution in [0, 0.1) is 0 Å². The average Bonchev–Trinajstić information content (AvgIpc) is 3.23. The Hall–Kier alpha value is -2.53. The Kier molecular flexibility index (Phi) is 11.7. The first-order valence-electron chi connectivity index (χ1n) is 13.0. The number of unbranched alkanes of at least 4 members (excludes halogenated alkanes) is 2. The fourth-order valence-electron chi connectivity index (χ4n) is 3.65. The van der Waals surface area contributed by atoms with Crippen LogP contribution in [0.2, 0.25) is 0 Å². The van der Waals surface area contributed by atoms with Crippen LogP contribution in [0.1, 0.15) is 67.7 Å². The van der Waals surface area contributed by atoms with Crippen LogP contribution in [0.5, 0.6) is 0 Å². The number of hydrogen-bond acceptors (Lipinski definition) is 9. The maximum atomic E-state index is 14.1. The van der Waals surface area contributed by atoms with Gasteiger partial charge in [0.1, 0.15) is 23.4 Å². The normalized spacial score (nSPS) is 15.3. The lowest BCUT2D eigenvalue weighted by atomic mass is 10.1. The summed E-state index contributed by atoms with van der Waals surface area (Å²) >= 11 is 0. The standard InChI is InChI=1S/C25H43N6O6P/c1-8-9-10-13-35-23(32)19(5)29-38(34,30-25(6,7)24(33)37-17(2)3)16-36-18(4)14-31-15-28-21-20(26)11-12-27-22(21)31/h11-12,15,17-19H,8-10,13-14,16H2,1-7H3,(H2,26,27)(H2,29,30,34)/t18-,19-,38?/m1/s1. The predicted molar refractivity (Wildman–Crippen MR) is 146 cm³/mol. The molecule has 0 saturated heterocycles. The molecule has 214 valence electrons.